The van der Waals surface area contributed by atoms with Crippen LogP contribution in [-0.4, -0.2) is 251 Å². The molecule has 556 valence electrons. The Bertz CT molecular complexity index is 3150. The number of aryl methyl sites for hydroxylation is 1. The smallest absolute Gasteiger partial charge is 0.343 e. The Labute approximate surface area is 592 Å². The van der Waals surface area contributed by atoms with Gasteiger partial charge in [-0.1, -0.05) is 102 Å². The van der Waals surface area contributed by atoms with Crippen molar-refractivity contribution in [2.75, 3.05) is 88.6 Å². The molecule has 4 aliphatic carbocycles. The van der Waals surface area contributed by atoms with Crippen LogP contribution in [0.3, 0.4) is 0 Å². The monoisotopic (exact) mass is 1420 g/mol. The van der Waals surface area contributed by atoms with Crippen molar-refractivity contribution in [1.29, 1.82) is 0 Å². The molecule has 0 aromatic heterocycles. The van der Waals surface area contributed by atoms with Crippen LogP contribution in [0.4, 0.5) is 13.2 Å². The molecule has 3 saturated heterocycles. The number of rotatable bonds is 10. The lowest BCUT2D eigenvalue weighted by molar-refractivity contribution is -0.157. The molecule has 28 heteroatoms. The summed E-state index contributed by atoms with van der Waals surface area (Å²) in [5.41, 5.74) is -2.33. The Morgan fingerprint density at radius 3 is 1.81 bits per heavy atom. The molecule has 7 fully saturated rings. The van der Waals surface area contributed by atoms with Crippen molar-refractivity contribution in [2.45, 2.75) is 235 Å². The molecule has 4 saturated carbocycles. The van der Waals surface area contributed by atoms with Crippen LogP contribution in [0.15, 0.2) is 18.2 Å². The van der Waals surface area contributed by atoms with Gasteiger partial charge >= 0.3 is 6.18 Å². The van der Waals surface area contributed by atoms with E-state index in [2.05, 4.69) is 16.0 Å². The Balaban J connectivity index is 1.16. The van der Waals surface area contributed by atoms with E-state index in [-0.39, 0.29) is 56.9 Å². The van der Waals surface area contributed by atoms with Crippen LogP contribution in [0, 0.1) is 23.7 Å². The van der Waals surface area contributed by atoms with Crippen molar-refractivity contribution < 1.29 is 70.7 Å². The average Bonchev–Trinajstić information content (AvgIpc) is 1.62. The standard InChI is InChI=1S/C72H108ClF3N12O12/c1-10-45(2)60-68(98)82(5)43-58(91)80(3)44-59(92)83(6)54(40-46-23-14-11-15-24-46)66(96)81(4)42-56(89)77-52(33-29-47-28-32-50(51(73)39-47)72(74,75)76)65(95)88-38-22-27-53(88)63(93)79-71(34-18-19-35-71)70(100)86(9)62(48-25-16-12-17-26-48)69(99)84(7)55(67(97)87-36-20-13-21-37-87)41-57(90)85(8)61(49-30-31-49)64(94)78-60/h28,32,39,45-46,48-49,52-55,60-62H,10-27,29-31,33-38,40-44H2,1-9H3,(H,77,89)(H,78,94)(H,79,93)/t45-,52-,53?,54-,55-,60-,61-,62-/m0/s1. The molecule has 1 aromatic rings. The van der Waals surface area contributed by atoms with Crippen LogP contribution < -0.4 is 16.0 Å². The summed E-state index contributed by atoms with van der Waals surface area (Å²) in [5.74, 6) is -8.64. The number of carbonyl (C=O) groups excluding carboxylic acids is 12. The van der Waals surface area contributed by atoms with Gasteiger partial charge in [0, 0.05) is 69.0 Å². The van der Waals surface area contributed by atoms with E-state index in [9.17, 15) is 41.9 Å². The van der Waals surface area contributed by atoms with E-state index in [0.717, 1.165) is 84.6 Å². The third kappa shape index (κ3) is 19.2. The number of carbonyl (C=O) groups is 12. The molecule has 0 bridgehead atoms. The highest BCUT2D eigenvalue weighted by atomic mass is 35.5. The molecule has 12 amide bonds. The third-order valence-corrected chi connectivity index (χ3v) is 23.0. The minimum Gasteiger partial charge on any atom is -0.343 e. The molecule has 1 unspecified atom stereocenters. The maximum Gasteiger partial charge on any atom is 0.417 e. The highest BCUT2D eigenvalue weighted by Crippen LogP contribution is 2.40. The normalized spacial score (nSPS) is 27.6. The molecule has 8 rings (SSSR count). The summed E-state index contributed by atoms with van der Waals surface area (Å²) in [4.78, 5) is 191. The predicted octanol–water partition coefficient (Wildman–Crippen LogP) is 5.79. The number of hydrogen-bond donors (Lipinski definition) is 3. The molecular formula is C72H108ClF3N12O12. The van der Waals surface area contributed by atoms with Crippen molar-refractivity contribution >= 4 is 82.5 Å². The van der Waals surface area contributed by atoms with E-state index < -0.39 is 173 Å². The van der Waals surface area contributed by atoms with Gasteiger partial charge in [0.2, 0.25) is 70.9 Å². The van der Waals surface area contributed by atoms with Gasteiger partial charge in [-0.25, -0.2) is 0 Å². The largest absolute Gasteiger partial charge is 0.417 e. The second-order valence-electron chi connectivity index (χ2n) is 29.8. The van der Waals surface area contributed by atoms with Crippen molar-refractivity contribution in [3.05, 3.63) is 34.3 Å². The lowest BCUT2D eigenvalue weighted by Crippen LogP contribution is -2.65. The number of likely N-dealkylation sites (tertiary alicyclic amines) is 1. The van der Waals surface area contributed by atoms with Gasteiger partial charge in [-0.3, -0.25) is 57.5 Å². The fourth-order valence-electron chi connectivity index (χ4n) is 16.1. The van der Waals surface area contributed by atoms with Gasteiger partial charge in [0.25, 0.3) is 0 Å². The zero-order chi connectivity index (χ0) is 73.1. The number of piperidine rings is 1. The molecule has 100 heavy (non-hydrogen) atoms. The van der Waals surface area contributed by atoms with Crippen LogP contribution in [0.25, 0.3) is 0 Å². The Morgan fingerprint density at radius 2 is 1.20 bits per heavy atom. The number of halogens is 4. The molecule has 7 aliphatic rings. The Hall–Kier alpha value is -7.06. The van der Waals surface area contributed by atoms with E-state index in [0.29, 0.717) is 82.9 Å². The zero-order valence-corrected chi connectivity index (χ0v) is 60.9. The summed E-state index contributed by atoms with van der Waals surface area (Å²) in [7, 11) is 10.1. The van der Waals surface area contributed by atoms with Gasteiger partial charge in [-0.15, -0.1) is 0 Å². The predicted molar refractivity (Wildman–Crippen MR) is 367 cm³/mol. The number of likely N-dealkylation sites (N-methyl/N-ethyl adjacent to an activating group) is 7. The van der Waals surface area contributed by atoms with E-state index >= 15 is 28.8 Å². The molecule has 24 nitrogen and oxygen atoms in total. The Kier molecular flexibility index (Phi) is 27.3. The van der Waals surface area contributed by atoms with Crippen LogP contribution >= 0.6 is 11.6 Å². The first-order valence-corrected chi connectivity index (χ1v) is 36.9. The quantitative estimate of drug-likeness (QED) is 0.251. The maximum absolute atomic E-state index is 15.8. The first-order valence-electron chi connectivity index (χ1n) is 36.5. The second-order valence-corrected chi connectivity index (χ2v) is 30.2. The van der Waals surface area contributed by atoms with E-state index in [1.807, 2.05) is 6.92 Å². The topological polar surface area (TPSA) is 270 Å². The van der Waals surface area contributed by atoms with Gasteiger partial charge in [0.05, 0.1) is 36.6 Å². The summed E-state index contributed by atoms with van der Waals surface area (Å²) in [6.45, 7) is 2.78. The van der Waals surface area contributed by atoms with Crippen molar-refractivity contribution in [3.8, 4) is 0 Å². The summed E-state index contributed by atoms with van der Waals surface area (Å²) in [6.07, 6.45) is 8.30. The van der Waals surface area contributed by atoms with Gasteiger partial charge in [-0.2, -0.15) is 13.2 Å². The van der Waals surface area contributed by atoms with Crippen LogP contribution in [-0.2, 0) is 70.1 Å². The summed E-state index contributed by atoms with van der Waals surface area (Å²) >= 11 is 6.16. The summed E-state index contributed by atoms with van der Waals surface area (Å²) < 4.78 is 41.6. The Morgan fingerprint density at radius 1 is 0.600 bits per heavy atom. The SMILES string of the molecule is CC[C@H](C)[C@@H]1NC(=O)[C@H](C2CC2)N(C)C(=O)C[C@@H](C(=O)N2CCCCC2)N(C)C(=O)[C@H](C2CCCCC2)N(C)C(=O)C2(CCCC2)NC(=O)C2CCCN2C(=O)[C@H](CCc2ccc(C(F)(F)F)c(Cl)c2)NC(=O)CN(C)C(=O)[C@H](CC2CCCCC2)N(C)C(=O)CN(C)C(=O)CN(C)C1=O. The number of amides is 12. The summed E-state index contributed by atoms with van der Waals surface area (Å²) in [6, 6.07) is -5.36. The summed E-state index contributed by atoms with van der Waals surface area (Å²) in [5, 5.41) is 8.22. The first-order chi connectivity index (χ1) is 47.4. The average molecular weight is 1430 g/mol. The first kappa shape index (κ1) is 78.7. The van der Waals surface area contributed by atoms with E-state index in [1.54, 1.807) is 11.8 Å². The fourth-order valence-corrected chi connectivity index (χ4v) is 16.4. The minimum atomic E-state index is -4.76. The number of nitrogens with one attached hydrogen (secondary N) is 3. The molecule has 1 spiro atoms. The van der Waals surface area contributed by atoms with E-state index in [4.69, 9.17) is 11.6 Å². The minimum absolute atomic E-state index is 0.0235. The van der Waals surface area contributed by atoms with Crippen LogP contribution in [0.2, 0.25) is 5.02 Å². The number of fused-ring (bicyclic) bond motifs is 1. The molecule has 0 radical (unpaired) electrons. The van der Waals surface area contributed by atoms with Crippen molar-refractivity contribution in [3.63, 3.8) is 0 Å². The lowest BCUT2D eigenvalue weighted by atomic mass is 9.81. The molecule has 3 aliphatic heterocycles. The van der Waals surface area contributed by atoms with E-state index in [1.165, 1.54) is 79.9 Å². The molecule has 8 atom stereocenters. The number of nitrogens with zero attached hydrogens (tertiary/aromatic N) is 9. The zero-order valence-electron chi connectivity index (χ0n) is 60.1. The number of alkyl halides is 3. The van der Waals surface area contributed by atoms with Crippen molar-refractivity contribution in [2.24, 2.45) is 23.7 Å². The second kappa shape index (κ2) is 34.7. The van der Waals surface area contributed by atoms with Crippen LogP contribution in [0.5, 0.6) is 0 Å². The van der Waals surface area contributed by atoms with Gasteiger partial charge in [-0.05, 0) is 131 Å². The van der Waals surface area contributed by atoms with Gasteiger partial charge in [0.1, 0.15) is 47.8 Å². The van der Waals surface area contributed by atoms with Gasteiger partial charge < -0.3 is 60.0 Å². The fraction of sp³-hybridized carbons (Fsp3) is 0.750. The molecule has 1 aromatic carbocycles. The molecule has 3 N–H and O–H groups in total. The lowest BCUT2D eigenvalue weighted by Gasteiger charge is -2.43. The highest BCUT2D eigenvalue weighted by Gasteiger charge is 2.52. The number of hydrogen-bond acceptors (Lipinski definition) is 12. The van der Waals surface area contributed by atoms with Crippen molar-refractivity contribution in [1.82, 2.24) is 60.0 Å². The number of benzene rings is 1. The van der Waals surface area contributed by atoms with Gasteiger partial charge in [0.15, 0.2) is 0 Å². The molecule has 3 heterocycles. The molecular weight excluding hydrogens is 1320 g/mol. The van der Waals surface area contributed by atoms with Crippen LogP contribution in [0.1, 0.15) is 185 Å². The maximum atomic E-state index is 15.8. The third-order valence-electron chi connectivity index (χ3n) is 22.6. The highest BCUT2D eigenvalue weighted by molar-refractivity contribution is 6.31.